The maximum absolute atomic E-state index is 12.9. The van der Waals surface area contributed by atoms with Crippen molar-refractivity contribution in [3.63, 3.8) is 0 Å². The molecular weight excluding hydrogens is 426 g/mol. The Kier molecular flexibility index (Phi) is 8.91. The number of methoxy groups -OCH3 is 3. The lowest BCUT2D eigenvalue weighted by molar-refractivity contribution is 0.0374. The molecule has 9 heteroatoms. The second-order valence-corrected chi connectivity index (χ2v) is 7.48. The normalized spacial score (nSPS) is 13.8. The van der Waals surface area contributed by atoms with Crippen molar-refractivity contribution in [2.75, 3.05) is 66.0 Å². The van der Waals surface area contributed by atoms with Crippen LogP contribution in [0.2, 0.25) is 0 Å². The Balaban J connectivity index is 1.65. The first-order valence-electron chi connectivity index (χ1n) is 10.9. The number of hydrogen-bond donors (Lipinski definition) is 2. The van der Waals surface area contributed by atoms with Crippen molar-refractivity contribution < 1.29 is 28.5 Å². The second kappa shape index (κ2) is 12.1. The topological polar surface area (TPSA) is 98.4 Å². The second-order valence-electron chi connectivity index (χ2n) is 7.48. The van der Waals surface area contributed by atoms with Crippen molar-refractivity contribution in [1.82, 2.24) is 10.2 Å². The van der Waals surface area contributed by atoms with Gasteiger partial charge in [-0.2, -0.15) is 0 Å². The zero-order valence-corrected chi connectivity index (χ0v) is 19.3. The van der Waals surface area contributed by atoms with Gasteiger partial charge in [0.15, 0.2) is 11.5 Å². The van der Waals surface area contributed by atoms with E-state index in [4.69, 9.17) is 18.9 Å². The largest absolute Gasteiger partial charge is 0.493 e. The smallest absolute Gasteiger partial charge is 0.255 e. The predicted octanol–water partition coefficient (Wildman–Crippen LogP) is 2.42. The molecule has 1 saturated heterocycles. The highest BCUT2D eigenvalue weighted by Gasteiger charge is 2.19. The van der Waals surface area contributed by atoms with E-state index in [1.54, 1.807) is 36.4 Å². The van der Waals surface area contributed by atoms with Gasteiger partial charge in [0, 0.05) is 25.2 Å². The molecule has 2 aromatic carbocycles. The number of para-hydroxylation sites is 1. The molecule has 0 aromatic heterocycles. The van der Waals surface area contributed by atoms with Crippen molar-refractivity contribution in [3.05, 3.63) is 47.5 Å². The van der Waals surface area contributed by atoms with Crippen molar-refractivity contribution in [2.24, 2.45) is 0 Å². The highest BCUT2D eigenvalue weighted by atomic mass is 16.5. The number of hydrogen-bond acceptors (Lipinski definition) is 7. The molecule has 0 unspecified atom stereocenters. The summed E-state index contributed by atoms with van der Waals surface area (Å²) in [7, 11) is 4.46. The predicted molar refractivity (Wildman–Crippen MR) is 125 cm³/mol. The van der Waals surface area contributed by atoms with E-state index in [2.05, 4.69) is 15.5 Å². The quantitative estimate of drug-likeness (QED) is 0.529. The minimum absolute atomic E-state index is 0.238. The molecule has 1 heterocycles. The summed E-state index contributed by atoms with van der Waals surface area (Å²) >= 11 is 0. The third kappa shape index (κ3) is 6.36. The molecule has 2 N–H and O–H groups in total. The third-order valence-electron chi connectivity index (χ3n) is 5.39. The highest BCUT2D eigenvalue weighted by Crippen LogP contribution is 2.38. The summed E-state index contributed by atoms with van der Waals surface area (Å²) in [6.07, 6.45) is 0.839. The Morgan fingerprint density at radius 2 is 1.64 bits per heavy atom. The van der Waals surface area contributed by atoms with Gasteiger partial charge < -0.3 is 29.6 Å². The number of rotatable bonds is 10. The monoisotopic (exact) mass is 457 g/mol. The molecule has 9 nitrogen and oxygen atoms in total. The summed E-state index contributed by atoms with van der Waals surface area (Å²) in [6.45, 7) is 4.80. The van der Waals surface area contributed by atoms with E-state index in [1.807, 2.05) is 0 Å². The first-order chi connectivity index (χ1) is 16.1. The van der Waals surface area contributed by atoms with E-state index in [0.717, 1.165) is 39.3 Å². The van der Waals surface area contributed by atoms with Gasteiger partial charge in [-0.25, -0.2) is 0 Å². The zero-order chi connectivity index (χ0) is 23.6. The first kappa shape index (κ1) is 24.3. The van der Waals surface area contributed by atoms with E-state index in [-0.39, 0.29) is 5.91 Å². The number of benzene rings is 2. The molecule has 0 radical (unpaired) electrons. The number of amides is 2. The SMILES string of the molecule is COc1cc(C(=O)Nc2ccccc2C(=O)NCCCN2CCOCC2)cc(OC)c1OC. The van der Waals surface area contributed by atoms with Crippen molar-refractivity contribution in [2.45, 2.75) is 6.42 Å². The molecule has 3 rings (SSSR count). The van der Waals surface area contributed by atoms with Crippen LogP contribution in [-0.2, 0) is 4.74 Å². The lowest BCUT2D eigenvalue weighted by Gasteiger charge is -2.26. The van der Waals surface area contributed by atoms with Crippen LogP contribution in [0.15, 0.2) is 36.4 Å². The zero-order valence-electron chi connectivity index (χ0n) is 19.3. The standard InChI is InChI=1S/C24H31N3O6/c1-30-20-15-17(16-21(31-2)22(20)32-3)23(28)26-19-8-5-4-7-18(19)24(29)25-9-6-10-27-11-13-33-14-12-27/h4-5,7-8,15-16H,6,9-14H2,1-3H3,(H,25,29)(H,26,28). The average molecular weight is 458 g/mol. The van der Waals surface area contributed by atoms with Crippen LogP contribution in [0.3, 0.4) is 0 Å². The molecular formula is C24H31N3O6. The van der Waals surface area contributed by atoms with E-state index in [9.17, 15) is 9.59 Å². The maximum atomic E-state index is 12.9. The van der Waals surface area contributed by atoms with Gasteiger partial charge in [0.2, 0.25) is 5.75 Å². The van der Waals surface area contributed by atoms with Crippen LogP contribution in [0.25, 0.3) is 0 Å². The fourth-order valence-corrected chi connectivity index (χ4v) is 3.62. The number of ether oxygens (including phenoxy) is 4. The molecule has 1 aliphatic rings. The van der Waals surface area contributed by atoms with E-state index >= 15 is 0 Å². The maximum Gasteiger partial charge on any atom is 0.255 e. The Bertz CT molecular complexity index is 934. The van der Waals surface area contributed by atoms with Gasteiger partial charge in [-0.15, -0.1) is 0 Å². The molecule has 2 amide bonds. The molecule has 2 aromatic rings. The summed E-state index contributed by atoms with van der Waals surface area (Å²) in [5, 5.41) is 5.75. The van der Waals surface area contributed by atoms with Gasteiger partial charge >= 0.3 is 0 Å². The van der Waals surface area contributed by atoms with E-state index in [0.29, 0.717) is 40.6 Å². The Morgan fingerprint density at radius 3 is 2.27 bits per heavy atom. The third-order valence-corrected chi connectivity index (χ3v) is 5.39. The number of nitrogens with one attached hydrogen (secondary N) is 2. The number of carbonyl (C=O) groups is 2. The van der Waals surface area contributed by atoms with Crippen LogP contribution >= 0.6 is 0 Å². The molecule has 0 spiro atoms. The lowest BCUT2D eigenvalue weighted by Crippen LogP contribution is -2.38. The van der Waals surface area contributed by atoms with Gasteiger partial charge in [0.05, 0.1) is 45.8 Å². The van der Waals surface area contributed by atoms with Crippen LogP contribution < -0.4 is 24.8 Å². The van der Waals surface area contributed by atoms with Crippen LogP contribution in [0.4, 0.5) is 5.69 Å². The van der Waals surface area contributed by atoms with E-state index < -0.39 is 5.91 Å². The van der Waals surface area contributed by atoms with Crippen LogP contribution in [-0.4, -0.2) is 77.4 Å². The molecule has 33 heavy (non-hydrogen) atoms. The minimum atomic E-state index is -0.401. The fraction of sp³-hybridized carbons (Fsp3) is 0.417. The van der Waals surface area contributed by atoms with Gasteiger partial charge in [-0.3, -0.25) is 14.5 Å². The minimum Gasteiger partial charge on any atom is -0.493 e. The summed E-state index contributed by atoms with van der Waals surface area (Å²) < 4.78 is 21.3. The van der Waals surface area contributed by atoms with Crippen LogP contribution in [0.1, 0.15) is 27.1 Å². The number of carbonyl (C=O) groups excluding carboxylic acids is 2. The Morgan fingerprint density at radius 1 is 0.970 bits per heavy atom. The van der Waals surface area contributed by atoms with Crippen molar-refractivity contribution >= 4 is 17.5 Å². The number of anilines is 1. The molecule has 1 fully saturated rings. The summed E-state index contributed by atoms with van der Waals surface area (Å²) in [4.78, 5) is 28.0. The molecule has 0 atom stereocenters. The summed E-state index contributed by atoms with van der Waals surface area (Å²) in [5.74, 6) is 0.495. The molecule has 178 valence electrons. The summed E-state index contributed by atoms with van der Waals surface area (Å²) in [5.41, 5.74) is 1.12. The molecule has 1 aliphatic heterocycles. The van der Waals surface area contributed by atoms with Gasteiger partial charge in [-0.05, 0) is 37.2 Å². The highest BCUT2D eigenvalue weighted by molar-refractivity contribution is 6.09. The molecule has 0 aliphatic carbocycles. The lowest BCUT2D eigenvalue weighted by atomic mass is 10.1. The Hall–Kier alpha value is -3.30. The van der Waals surface area contributed by atoms with Crippen LogP contribution in [0.5, 0.6) is 17.2 Å². The van der Waals surface area contributed by atoms with Gasteiger partial charge in [0.25, 0.3) is 11.8 Å². The van der Waals surface area contributed by atoms with Gasteiger partial charge in [0.1, 0.15) is 0 Å². The molecule has 0 saturated carbocycles. The average Bonchev–Trinajstić information content (AvgIpc) is 2.86. The van der Waals surface area contributed by atoms with Crippen molar-refractivity contribution in [3.8, 4) is 17.2 Å². The fourth-order valence-electron chi connectivity index (χ4n) is 3.62. The summed E-state index contributed by atoms with van der Waals surface area (Å²) in [6, 6.07) is 10.0. The van der Waals surface area contributed by atoms with Crippen molar-refractivity contribution in [1.29, 1.82) is 0 Å². The van der Waals surface area contributed by atoms with Crippen LogP contribution in [0, 0.1) is 0 Å². The Labute approximate surface area is 193 Å². The molecule has 0 bridgehead atoms. The number of morpholine rings is 1. The first-order valence-corrected chi connectivity index (χ1v) is 10.9. The van der Waals surface area contributed by atoms with Gasteiger partial charge in [-0.1, -0.05) is 12.1 Å². The number of nitrogens with zero attached hydrogens (tertiary/aromatic N) is 1. The van der Waals surface area contributed by atoms with E-state index in [1.165, 1.54) is 21.3 Å².